The van der Waals surface area contributed by atoms with Gasteiger partial charge in [-0.05, 0) is 42.7 Å². The summed E-state index contributed by atoms with van der Waals surface area (Å²) in [7, 11) is 0. The molecule has 0 aliphatic rings. The average molecular weight is 341 g/mol. The number of benzene rings is 2. The minimum absolute atomic E-state index is 0.214. The van der Waals surface area contributed by atoms with E-state index in [1.165, 1.54) is 5.56 Å². The predicted octanol–water partition coefficient (Wildman–Crippen LogP) is 3.59. The van der Waals surface area contributed by atoms with Gasteiger partial charge in [0.15, 0.2) is 6.61 Å². The van der Waals surface area contributed by atoms with Crippen LogP contribution in [0.3, 0.4) is 0 Å². The topological polar surface area (TPSA) is 64.6 Å². The number of amides is 1. The number of para-hydroxylation sites is 1. The Balaban J connectivity index is 1.59. The SMILES string of the molecule is CCc1ccc(NC(=O)COC(=O)CCCOc2ccccc2)cc1. The minimum Gasteiger partial charge on any atom is -0.494 e. The van der Waals surface area contributed by atoms with Gasteiger partial charge in [-0.25, -0.2) is 0 Å². The van der Waals surface area contributed by atoms with Crippen LogP contribution in [0.25, 0.3) is 0 Å². The number of aryl methyl sites for hydroxylation is 1. The zero-order valence-electron chi connectivity index (χ0n) is 14.4. The van der Waals surface area contributed by atoms with Gasteiger partial charge in [0.05, 0.1) is 6.61 Å². The second-order valence-corrected chi connectivity index (χ2v) is 5.52. The maximum Gasteiger partial charge on any atom is 0.306 e. The molecular formula is C20H23NO4. The summed E-state index contributed by atoms with van der Waals surface area (Å²) in [5.74, 6) is 0.00983. The molecule has 25 heavy (non-hydrogen) atoms. The smallest absolute Gasteiger partial charge is 0.306 e. The number of anilines is 1. The third kappa shape index (κ3) is 7.08. The van der Waals surface area contributed by atoms with Crippen molar-refractivity contribution in [2.45, 2.75) is 26.2 Å². The molecule has 0 spiro atoms. The normalized spacial score (nSPS) is 10.1. The molecule has 2 rings (SSSR count). The zero-order chi connectivity index (χ0) is 17.9. The number of esters is 1. The number of nitrogens with one attached hydrogen (secondary N) is 1. The van der Waals surface area contributed by atoms with Crippen molar-refractivity contribution >= 4 is 17.6 Å². The van der Waals surface area contributed by atoms with Crippen molar-refractivity contribution in [3.63, 3.8) is 0 Å². The fourth-order valence-corrected chi connectivity index (χ4v) is 2.16. The van der Waals surface area contributed by atoms with Crippen molar-refractivity contribution in [3.05, 3.63) is 60.2 Å². The van der Waals surface area contributed by atoms with Crippen LogP contribution >= 0.6 is 0 Å². The van der Waals surface area contributed by atoms with Gasteiger partial charge in [-0.3, -0.25) is 9.59 Å². The first-order chi connectivity index (χ1) is 12.2. The summed E-state index contributed by atoms with van der Waals surface area (Å²) in [6, 6.07) is 17.0. The molecule has 0 unspecified atom stereocenters. The Morgan fingerprint density at radius 3 is 2.40 bits per heavy atom. The Morgan fingerprint density at radius 2 is 1.72 bits per heavy atom. The molecule has 0 fully saturated rings. The van der Waals surface area contributed by atoms with Gasteiger partial charge in [0.25, 0.3) is 5.91 Å². The van der Waals surface area contributed by atoms with Crippen LogP contribution in [-0.2, 0) is 20.7 Å². The Labute approximate surface area is 148 Å². The van der Waals surface area contributed by atoms with Crippen molar-refractivity contribution in [1.82, 2.24) is 0 Å². The van der Waals surface area contributed by atoms with E-state index in [2.05, 4.69) is 12.2 Å². The lowest BCUT2D eigenvalue weighted by Crippen LogP contribution is -2.21. The standard InChI is InChI=1S/C20H23NO4/c1-2-16-10-12-17(13-11-16)21-19(22)15-25-20(23)9-6-14-24-18-7-4-3-5-8-18/h3-5,7-8,10-13H,2,6,9,14-15H2,1H3,(H,21,22). The highest BCUT2D eigenvalue weighted by Crippen LogP contribution is 2.10. The summed E-state index contributed by atoms with van der Waals surface area (Å²) in [6.07, 6.45) is 1.69. The van der Waals surface area contributed by atoms with Crippen LogP contribution in [0.2, 0.25) is 0 Å². The van der Waals surface area contributed by atoms with Crippen LogP contribution in [-0.4, -0.2) is 25.1 Å². The van der Waals surface area contributed by atoms with E-state index in [4.69, 9.17) is 9.47 Å². The maximum atomic E-state index is 11.8. The largest absolute Gasteiger partial charge is 0.494 e. The van der Waals surface area contributed by atoms with E-state index in [0.29, 0.717) is 18.7 Å². The molecule has 132 valence electrons. The molecule has 0 saturated carbocycles. The van der Waals surface area contributed by atoms with E-state index in [1.54, 1.807) is 0 Å². The first-order valence-electron chi connectivity index (χ1n) is 8.39. The molecule has 0 saturated heterocycles. The van der Waals surface area contributed by atoms with Crippen LogP contribution in [0.1, 0.15) is 25.3 Å². The number of hydrogen-bond acceptors (Lipinski definition) is 4. The molecule has 0 atom stereocenters. The van der Waals surface area contributed by atoms with Gasteiger partial charge >= 0.3 is 5.97 Å². The van der Waals surface area contributed by atoms with Crippen LogP contribution < -0.4 is 10.1 Å². The molecule has 0 radical (unpaired) electrons. The fourth-order valence-electron chi connectivity index (χ4n) is 2.16. The zero-order valence-corrected chi connectivity index (χ0v) is 14.4. The molecule has 0 aliphatic carbocycles. The van der Waals surface area contributed by atoms with E-state index in [0.717, 1.165) is 12.2 Å². The summed E-state index contributed by atoms with van der Waals surface area (Å²) in [4.78, 5) is 23.4. The van der Waals surface area contributed by atoms with E-state index in [-0.39, 0.29) is 18.9 Å². The molecule has 2 aromatic carbocycles. The lowest BCUT2D eigenvalue weighted by atomic mass is 10.1. The molecule has 1 N–H and O–H groups in total. The molecule has 0 heterocycles. The van der Waals surface area contributed by atoms with E-state index in [1.807, 2.05) is 54.6 Å². The highest BCUT2D eigenvalue weighted by atomic mass is 16.5. The minimum atomic E-state index is -0.409. The predicted molar refractivity (Wildman–Crippen MR) is 96.6 cm³/mol. The first kappa shape index (κ1) is 18.5. The van der Waals surface area contributed by atoms with Gasteiger partial charge < -0.3 is 14.8 Å². The quantitative estimate of drug-likeness (QED) is 0.559. The van der Waals surface area contributed by atoms with Crippen molar-refractivity contribution in [3.8, 4) is 5.75 Å². The monoisotopic (exact) mass is 341 g/mol. The summed E-state index contributed by atoms with van der Waals surface area (Å²) in [5, 5.41) is 2.70. The van der Waals surface area contributed by atoms with E-state index < -0.39 is 5.97 Å². The number of rotatable bonds is 9. The Hall–Kier alpha value is -2.82. The van der Waals surface area contributed by atoms with Crippen molar-refractivity contribution in [2.24, 2.45) is 0 Å². The van der Waals surface area contributed by atoms with Gasteiger partial charge in [-0.2, -0.15) is 0 Å². The fraction of sp³-hybridized carbons (Fsp3) is 0.300. The van der Waals surface area contributed by atoms with Crippen LogP contribution in [0.15, 0.2) is 54.6 Å². The number of hydrogen-bond donors (Lipinski definition) is 1. The Bertz CT molecular complexity index is 668. The molecule has 5 heteroatoms. The average Bonchev–Trinajstić information content (AvgIpc) is 2.65. The molecule has 0 aliphatic heterocycles. The van der Waals surface area contributed by atoms with E-state index in [9.17, 15) is 9.59 Å². The number of ether oxygens (including phenoxy) is 2. The van der Waals surface area contributed by atoms with Gasteiger partial charge in [0, 0.05) is 12.1 Å². The van der Waals surface area contributed by atoms with Crippen molar-refractivity contribution < 1.29 is 19.1 Å². The highest BCUT2D eigenvalue weighted by molar-refractivity contribution is 5.92. The summed E-state index contributed by atoms with van der Waals surface area (Å²) in [5.41, 5.74) is 1.89. The number of carbonyl (C=O) groups is 2. The second-order valence-electron chi connectivity index (χ2n) is 5.52. The second kappa shape index (κ2) is 10.1. The lowest BCUT2D eigenvalue weighted by Gasteiger charge is -2.08. The molecule has 2 aromatic rings. The van der Waals surface area contributed by atoms with Crippen LogP contribution in [0.5, 0.6) is 5.75 Å². The molecule has 5 nitrogen and oxygen atoms in total. The maximum absolute atomic E-state index is 11.8. The van der Waals surface area contributed by atoms with E-state index >= 15 is 0 Å². The highest BCUT2D eigenvalue weighted by Gasteiger charge is 2.08. The lowest BCUT2D eigenvalue weighted by molar-refractivity contribution is -0.147. The number of carbonyl (C=O) groups excluding carboxylic acids is 2. The Kier molecular flexibility index (Phi) is 7.50. The van der Waals surface area contributed by atoms with Crippen molar-refractivity contribution in [2.75, 3.05) is 18.5 Å². The van der Waals surface area contributed by atoms with Gasteiger partial charge in [0.2, 0.25) is 0 Å². The molecule has 0 aromatic heterocycles. The third-order valence-corrected chi connectivity index (χ3v) is 3.55. The summed E-state index contributed by atoms with van der Waals surface area (Å²) in [6.45, 7) is 2.21. The van der Waals surface area contributed by atoms with Gasteiger partial charge in [-0.15, -0.1) is 0 Å². The third-order valence-electron chi connectivity index (χ3n) is 3.55. The van der Waals surface area contributed by atoms with Crippen LogP contribution in [0.4, 0.5) is 5.69 Å². The molecule has 0 bridgehead atoms. The summed E-state index contributed by atoms with van der Waals surface area (Å²) >= 11 is 0. The molecule has 1 amide bonds. The first-order valence-corrected chi connectivity index (χ1v) is 8.39. The van der Waals surface area contributed by atoms with Crippen molar-refractivity contribution in [1.29, 1.82) is 0 Å². The van der Waals surface area contributed by atoms with Gasteiger partial charge in [-0.1, -0.05) is 37.3 Å². The summed E-state index contributed by atoms with van der Waals surface area (Å²) < 4.78 is 10.5. The molecular weight excluding hydrogens is 318 g/mol. The van der Waals surface area contributed by atoms with Gasteiger partial charge in [0.1, 0.15) is 5.75 Å². The van der Waals surface area contributed by atoms with Crippen LogP contribution in [0, 0.1) is 0 Å². The Morgan fingerprint density at radius 1 is 1.00 bits per heavy atom.